The Morgan fingerprint density at radius 3 is 2.81 bits per heavy atom. The fraction of sp³-hybridized carbons (Fsp3) is 0.333. The van der Waals surface area contributed by atoms with Crippen molar-refractivity contribution in [2.45, 2.75) is 18.9 Å². The minimum atomic E-state index is -0.795. The summed E-state index contributed by atoms with van der Waals surface area (Å²) >= 11 is 0. The first-order valence-corrected chi connectivity index (χ1v) is 5.13. The van der Waals surface area contributed by atoms with Crippen molar-refractivity contribution in [1.82, 2.24) is 5.32 Å². The minimum absolute atomic E-state index is 0. The zero-order chi connectivity index (χ0) is 10.7. The molecule has 1 aromatic rings. The summed E-state index contributed by atoms with van der Waals surface area (Å²) in [7, 11) is 0. The van der Waals surface area contributed by atoms with Gasteiger partial charge in [0.05, 0.1) is 0 Å². The number of halogens is 3. The maximum Gasteiger partial charge on any atom is 0.166 e. The van der Waals surface area contributed by atoms with Crippen LogP contribution in [-0.2, 0) is 0 Å². The van der Waals surface area contributed by atoms with Gasteiger partial charge in [0, 0.05) is 11.6 Å². The number of hydrogen-bond donors (Lipinski definition) is 1. The topological polar surface area (TPSA) is 12.0 Å². The summed E-state index contributed by atoms with van der Waals surface area (Å²) in [6, 6.07) is 4.51. The summed E-state index contributed by atoms with van der Waals surface area (Å²) in [5.41, 5.74) is 0.309. The standard InChI is InChI=1S/C12H13F2N.ClH/c13-11-5-1-3-9(12(11)14)6-7-10-4-2-8-15-10;/h1,3,5-7,10,15H,2,4,8H2;1H. The zero-order valence-electron chi connectivity index (χ0n) is 8.75. The van der Waals surface area contributed by atoms with Gasteiger partial charge in [-0.15, -0.1) is 12.4 Å². The molecule has 1 heterocycles. The summed E-state index contributed by atoms with van der Waals surface area (Å²) in [5, 5.41) is 3.26. The third kappa shape index (κ3) is 3.03. The van der Waals surface area contributed by atoms with E-state index in [1.807, 2.05) is 6.08 Å². The Morgan fingerprint density at radius 2 is 2.12 bits per heavy atom. The van der Waals surface area contributed by atoms with Crippen LogP contribution in [0, 0.1) is 11.6 Å². The van der Waals surface area contributed by atoms with Crippen molar-refractivity contribution < 1.29 is 8.78 Å². The van der Waals surface area contributed by atoms with Gasteiger partial charge in [-0.25, -0.2) is 8.78 Å². The normalized spacial score (nSPS) is 20.0. The lowest BCUT2D eigenvalue weighted by atomic mass is 10.1. The van der Waals surface area contributed by atoms with Gasteiger partial charge >= 0.3 is 0 Å². The quantitative estimate of drug-likeness (QED) is 0.844. The molecule has 1 N–H and O–H groups in total. The molecule has 88 valence electrons. The van der Waals surface area contributed by atoms with Crippen molar-refractivity contribution in [3.8, 4) is 0 Å². The van der Waals surface area contributed by atoms with Crippen molar-refractivity contribution in [2.75, 3.05) is 6.54 Å². The van der Waals surface area contributed by atoms with Gasteiger partial charge in [-0.1, -0.05) is 24.3 Å². The molecule has 0 aromatic heterocycles. The lowest BCUT2D eigenvalue weighted by Gasteiger charge is -2.03. The van der Waals surface area contributed by atoms with Crippen LogP contribution in [0.15, 0.2) is 24.3 Å². The smallest absolute Gasteiger partial charge is 0.166 e. The molecule has 0 spiro atoms. The number of rotatable bonds is 2. The Kier molecular flexibility index (Phi) is 4.90. The lowest BCUT2D eigenvalue weighted by molar-refractivity contribution is 0.507. The van der Waals surface area contributed by atoms with Crippen molar-refractivity contribution in [2.24, 2.45) is 0 Å². The number of hydrogen-bond acceptors (Lipinski definition) is 1. The van der Waals surface area contributed by atoms with E-state index in [4.69, 9.17) is 0 Å². The summed E-state index contributed by atoms with van der Waals surface area (Å²) in [6.07, 6.45) is 5.74. The third-order valence-electron chi connectivity index (χ3n) is 2.59. The van der Waals surface area contributed by atoms with E-state index in [9.17, 15) is 8.78 Å². The largest absolute Gasteiger partial charge is 0.311 e. The number of nitrogens with one attached hydrogen (secondary N) is 1. The monoisotopic (exact) mass is 245 g/mol. The van der Waals surface area contributed by atoms with Gasteiger partial charge in [0.15, 0.2) is 11.6 Å². The van der Waals surface area contributed by atoms with Crippen LogP contribution in [0.5, 0.6) is 0 Å². The summed E-state index contributed by atoms with van der Waals surface area (Å²) in [5.74, 6) is -1.57. The molecule has 0 bridgehead atoms. The Labute approximate surface area is 100.0 Å². The van der Waals surface area contributed by atoms with Crippen LogP contribution in [0.4, 0.5) is 8.78 Å². The molecule has 1 unspecified atom stereocenters. The zero-order valence-corrected chi connectivity index (χ0v) is 9.57. The predicted molar refractivity (Wildman–Crippen MR) is 63.7 cm³/mol. The molecule has 0 saturated carbocycles. The van der Waals surface area contributed by atoms with Gasteiger partial charge in [0.2, 0.25) is 0 Å². The fourth-order valence-electron chi connectivity index (χ4n) is 1.74. The highest BCUT2D eigenvalue weighted by molar-refractivity contribution is 5.85. The molecule has 4 heteroatoms. The van der Waals surface area contributed by atoms with Crippen LogP contribution >= 0.6 is 12.4 Å². The van der Waals surface area contributed by atoms with Crippen molar-refractivity contribution in [1.29, 1.82) is 0 Å². The molecular weight excluding hydrogens is 232 g/mol. The molecule has 1 aliphatic rings. The molecule has 1 saturated heterocycles. The van der Waals surface area contributed by atoms with Gasteiger partial charge in [-0.3, -0.25) is 0 Å². The van der Waals surface area contributed by atoms with E-state index >= 15 is 0 Å². The SMILES string of the molecule is Cl.Fc1cccc(C=CC2CCCN2)c1F. The Bertz CT molecular complexity index is 373. The van der Waals surface area contributed by atoms with Gasteiger partial charge in [0.25, 0.3) is 0 Å². The predicted octanol–water partition coefficient (Wildman–Crippen LogP) is 3.15. The number of benzene rings is 1. The third-order valence-corrected chi connectivity index (χ3v) is 2.59. The van der Waals surface area contributed by atoms with Crippen molar-refractivity contribution in [3.05, 3.63) is 41.5 Å². The van der Waals surface area contributed by atoms with Crippen LogP contribution in [0.2, 0.25) is 0 Å². The molecule has 1 fully saturated rings. The average molecular weight is 246 g/mol. The van der Waals surface area contributed by atoms with Crippen LogP contribution in [0.3, 0.4) is 0 Å². The Hall–Kier alpha value is -0.930. The van der Waals surface area contributed by atoms with Gasteiger partial charge in [-0.2, -0.15) is 0 Å². The minimum Gasteiger partial charge on any atom is -0.311 e. The first-order valence-electron chi connectivity index (χ1n) is 5.13. The summed E-state index contributed by atoms with van der Waals surface area (Å²) in [4.78, 5) is 0. The lowest BCUT2D eigenvalue weighted by Crippen LogP contribution is -2.18. The second kappa shape index (κ2) is 5.97. The first kappa shape index (κ1) is 13.1. The van der Waals surface area contributed by atoms with E-state index in [-0.39, 0.29) is 12.4 Å². The van der Waals surface area contributed by atoms with Crippen molar-refractivity contribution in [3.63, 3.8) is 0 Å². The second-order valence-corrected chi connectivity index (χ2v) is 3.71. The molecule has 1 aliphatic heterocycles. The second-order valence-electron chi connectivity index (χ2n) is 3.71. The molecule has 0 radical (unpaired) electrons. The molecule has 0 aliphatic carbocycles. The van der Waals surface area contributed by atoms with E-state index in [0.717, 1.165) is 25.5 Å². The van der Waals surface area contributed by atoms with E-state index in [1.54, 1.807) is 12.1 Å². The molecule has 1 atom stereocenters. The highest BCUT2D eigenvalue weighted by atomic mass is 35.5. The van der Waals surface area contributed by atoms with Gasteiger partial charge in [0.1, 0.15) is 0 Å². The average Bonchev–Trinajstić information content (AvgIpc) is 2.73. The summed E-state index contributed by atoms with van der Waals surface area (Å²) in [6.45, 7) is 1.00. The maximum atomic E-state index is 13.2. The molecule has 1 nitrogen and oxygen atoms in total. The van der Waals surface area contributed by atoms with E-state index < -0.39 is 11.6 Å². The van der Waals surface area contributed by atoms with Crippen LogP contribution in [0.25, 0.3) is 6.08 Å². The molecule has 1 aromatic carbocycles. The van der Waals surface area contributed by atoms with Crippen molar-refractivity contribution >= 4 is 18.5 Å². The molecule has 16 heavy (non-hydrogen) atoms. The highest BCUT2D eigenvalue weighted by Crippen LogP contribution is 2.14. The van der Waals surface area contributed by atoms with Crippen LogP contribution < -0.4 is 5.32 Å². The fourth-order valence-corrected chi connectivity index (χ4v) is 1.74. The Balaban J connectivity index is 0.00000128. The molecular formula is C12H14ClF2N. The molecule has 0 amide bonds. The van der Waals surface area contributed by atoms with E-state index in [0.29, 0.717) is 11.6 Å². The first-order chi connectivity index (χ1) is 7.27. The molecule has 2 rings (SSSR count). The van der Waals surface area contributed by atoms with Crippen LogP contribution in [0.1, 0.15) is 18.4 Å². The van der Waals surface area contributed by atoms with E-state index in [2.05, 4.69) is 5.32 Å². The van der Waals surface area contributed by atoms with Crippen LogP contribution in [-0.4, -0.2) is 12.6 Å². The Morgan fingerprint density at radius 1 is 1.31 bits per heavy atom. The van der Waals surface area contributed by atoms with Gasteiger partial charge in [-0.05, 0) is 25.5 Å². The highest BCUT2D eigenvalue weighted by Gasteiger charge is 2.10. The summed E-state index contributed by atoms with van der Waals surface area (Å²) < 4.78 is 26.1. The van der Waals surface area contributed by atoms with E-state index in [1.165, 1.54) is 6.07 Å². The maximum absolute atomic E-state index is 13.2. The van der Waals surface area contributed by atoms with Gasteiger partial charge < -0.3 is 5.32 Å².